The average Bonchev–Trinajstić information content (AvgIpc) is 2.75. The molecule has 0 saturated heterocycles. The molecule has 0 aliphatic rings. The van der Waals surface area contributed by atoms with E-state index in [0.29, 0.717) is 10.6 Å². The number of benzene rings is 1. The largest absolute Gasteiger partial charge is 0.462 e. The first-order chi connectivity index (χ1) is 10.0. The number of anilines is 1. The van der Waals surface area contributed by atoms with Crippen molar-refractivity contribution in [1.82, 2.24) is 0 Å². The first-order valence-corrected chi connectivity index (χ1v) is 7.98. The summed E-state index contributed by atoms with van der Waals surface area (Å²) in [6.07, 6.45) is 0. The molecular weight excluding hydrogens is 354 g/mol. The first kappa shape index (κ1) is 15.7. The fraction of sp³-hybridized carbons (Fsp3) is 0.200. The van der Waals surface area contributed by atoms with E-state index in [1.54, 1.807) is 6.92 Å². The van der Waals surface area contributed by atoms with Crippen LogP contribution in [0.2, 0.25) is 0 Å². The highest BCUT2D eigenvalue weighted by Crippen LogP contribution is 2.44. The first-order valence-electron chi connectivity index (χ1n) is 6.37. The van der Waals surface area contributed by atoms with Gasteiger partial charge in [0.1, 0.15) is 10.6 Å². The minimum absolute atomic E-state index is 0.228. The van der Waals surface area contributed by atoms with Gasteiger partial charge in [-0.05, 0) is 28.4 Å². The minimum Gasteiger partial charge on any atom is -0.462 e. The van der Waals surface area contributed by atoms with Crippen LogP contribution in [0.15, 0.2) is 34.1 Å². The highest BCUT2D eigenvalue weighted by Gasteiger charge is 2.25. The van der Waals surface area contributed by atoms with Gasteiger partial charge in [0.2, 0.25) is 5.91 Å². The summed E-state index contributed by atoms with van der Waals surface area (Å²) in [5, 5.41) is 3.18. The van der Waals surface area contributed by atoms with Crippen LogP contribution in [0.25, 0.3) is 11.1 Å². The average molecular weight is 368 g/mol. The second-order valence-corrected chi connectivity index (χ2v) is 6.56. The molecule has 6 heteroatoms. The number of esters is 1. The van der Waals surface area contributed by atoms with E-state index in [1.165, 1.54) is 18.3 Å². The Hall–Kier alpha value is -1.66. The molecule has 0 spiro atoms. The summed E-state index contributed by atoms with van der Waals surface area (Å²) in [6.45, 7) is 3.43. The van der Waals surface area contributed by atoms with Crippen molar-refractivity contribution in [2.45, 2.75) is 13.8 Å². The van der Waals surface area contributed by atoms with E-state index in [1.807, 2.05) is 30.3 Å². The summed E-state index contributed by atoms with van der Waals surface area (Å²) >= 11 is 4.78. The molecule has 1 heterocycles. The molecule has 0 aliphatic carbocycles. The van der Waals surface area contributed by atoms with Crippen molar-refractivity contribution in [3.05, 3.63) is 39.7 Å². The van der Waals surface area contributed by atoms with Gasteiger partial charge in [-0.25, -0.2) is 4.79 Å². The summed E-state index contributed by atoms with van der Waals surface area (Å²) in [7, 11) is 0. The monoisotopic (exact) mass is 367 g/mol. The van der Waals surface area contributed by atoms with Gasteiger partial charge in [-0.3, -0.25) is 4.79 Å². The maximum Gasteiger partial charge on any atom is 0.341 e. The smallest absolute Gasteiger partial charge is 0.341 e. The SMILES string of the molecule is CCOC(=O)c1c(NC(C)=O)sc(Br)c1-c1ccccc1. The standard InChI is InChI=1S/C15H14BrNO3S/c1-3-20-15(19)12-11(10-7-5-4-6-8-10)13(16)21-14(12)17-9(2)18/h4-8H,3H2,1-2H3,(H,17,18). The Morgan fingerprint density at radius 1 is 1.29 bits per heavy atom. The van der Waals surface area contributed by atoms with Gasteiger partial charge in [-0.1, -0.05) is 30.3 Å². The zero-order chi connectivity index (χ0) is 15.4. The third-order valence-electron chi connectivity index (χ3n) is 2.70. The van der Waals surface area contributed by atoms with Gasteiger partial charge in [0.25, 0.3) is 0 Å². The number of hydrogen-bond donors (Lipinski definition) is 1. The Bertz CT molecular complexity index is 667. The van der Waals surface area contributed by atoms with Crippen molar-refractivity contribution < 1.29 is 14.3 Å². The Morgan fingerprint density at radius 3 is 2.52 bits per heavy atom. The van der Waals surface area contributed by atoms with E-state index in [9.17, 15) is 9.59 Å². The molecule has 0 radical (unpaired) electrons. The van der Waals surface area contributed by atoms with E-state index in [-0.39, 0.29) is 12.5 Å². The van der Waals surface area contributed by atoms with Gasteiger partial charge in [-0.2, -0.15) is 0 Å². The highest BCUT2D eigenvalue weighted by molar-refractivity contribution is 9.11. The number of thiophene rings is 1. The van der Waals surface area contributed by atoms with Crippen LogP contribution in [0.5, 0.6) is 0 Å². The second kappa shape index (κ2) is 6.87. The van der Waals surface area contributed by atoms with Crippen molar-refractivity contribution in [1.29, 1.82) is 0 Å². The number of carbonyl (C=O) groups excluding carboxylic acids is 2. The van der Waals surface area contributed by atoms with E-state index in [4.69, 9.17) is 4.74 Å². The van der Waals surface area contributed by atoms with Crippen LogP contribution in [-0.4, -0.2) is 18.5 Å². The second-order valence-electron chi connectivity index (χ2n) is 4.22. The lowest BCUT2D eigenvalue weighted by Gasteiger charge is -2.07. The number of rotatable bonds is 4. The third-order valence-corrected chi connectivity index (χ3v) is 4.47. The lowest BCUT2D eigenvalue weighted by atomic mass is 10.0. The topological polar surface area (TPSA) is 55.4 Å². The molecule has 0 atom stereocenters. The molecule has 1 aromatic heterocycles. The number of nitrogens with one attached hydrogen (secondary N) is 1. The molecule has 1 amide bonds. The molecule has 21 heavy (non-hydrogen) atoms. The number of amides is 1. The fourth-order valence-electron chi connectivity index (χ4n) is 1.91. The summed E-state index contributed by atoms with van der Waals surface area (Å²) in [4.78, 5) is 23.6. The summed E-state index contributed by atoms with van der Waals surface area (Å²) in [6, 6.07) is 9.52. The molecule has 0 bridgehead atoms. The van der Waals surface area contributed by atoms with Crippen LogP contribution in [-0.2, 0) is 9.53 Å². The number of carbonyl (C=O) groups is 2. The van der Waals surface area contributed by atoms with Crippen molar-refractivity contribution >= 4 is 44.1 Å². The molecular formula is C15H14BrNO3S. The van der Waals surface area contributed by atoms with E-state index < -0.39 is 5.97 Å². The predicted molar refractivity (Wildman–Crippen MR) is 87.7 cm³/mol. The lowest BCUT2D eigenvalue weighted by molar-refractivity contribution is -0.114. The van der Waals surface area contributed by atoms with Gasteiger partial charge >= 0.3 is 5.97 Å². The molecule has 4 nitrogen and oxygen atoms in total. The minimum atomic E-state index is -0.443. The zero-order valence-corrected chi connectivity index (χ0v) is 14.0. The predicted octanol–water partition coefficient (Wildman–Crippen LogP) is 4.31. The molecule has 0 saturated carbocycles. The molecule has 2 rings (SSSR count). The summed E-state index contributed by atoms with van der Waals surface area (Å²) in [5.41, 5.74) is 2.01. The third kappa shape index (κ3) is 3.51. The molecule has 1 N–H and O–H groups in total. The Balaban J connectivity index is 2.60. The molecule has 0 unspecified atom stereocenters. The molecule has 0 fully saturated rings. The van der Waals surface area contributed by atoms with Gasteiger partial charge in [0.05, 0.1) is 10.4 Å². The van der Waals surface area contributed by atoms with Gasteiger partial charge in [0, 0.05) is 12.5 Å². The Morgan fingerprint density at radius 2 is 1.95 bits per heavy atom. The van der Waals surface area contributed by atoms with Crippen LogP contribution in [0, 0.1) is 0 Å². The lowest BCUT2D eigenvalue weighted by Crippen LogP contribution is -2.11. The van der Waals surface area contributed by atoms with Crippen LogP contribution in [0.1, 0.15) is 24.2 Å². The maximum absolute atomic E-state index is 12.3. The van der Waals surface area contributed by atoms with Crippen LogP contribution >= 0.6 is 27.3 Å². The van der Waals surface area contributed by atoms with Crippen LogP contribution in [0.3, 0.4) is 0 Å². The van der Waals surface area contributed by atoms with Crippen molar-refractivity contribution in [3.63, 3.8) is 0 Å². The van der Waals surface area contributed by atoms with Crippen molar-refractivity contribution in [2.75, 3.05) is 11.9 Å². The molecule has 2 aromatic rings. The summed E-state index contributed by atoms with van der Waals surface area (Å²) in [5.74, 6) is -0.670. The van der Waals surface area contributed by atoms with E-state index in [2.05, 4.69) is 21.2 Å². The zero-order valence-electron chi connectivity index (χ0n) is 11.6. The Labute approximate surface area is 135 Å². The quantitative estimate of drug-likeness (QED) is 0.818. The molecule has 110 valence electrons. The van der Waals surface area contributed by atoms with Crippen LogP contribution in [0.4, 0.5) is 5.00 Å². The van der Waals surface area contributed by atoms with Crippen molar-refractivity contribution in [2.24, 2.45) is 0 Å². The van der Waals surface area contributed by atoms with Crippen LogP contribution < -0.4 is 5.32 Å². The number of hydrogen-bond acceptors (Lipinski definition) is 4. The molecule has 1 aromatic carbocycles. The van der Waals surface area contributed by atoms with Gasteiger partial charge in [0.15, 0.2) is 0 Å². The Kier molecular flexibility index (Phi) is 5.14. The highest BCUT2D eigenvalue weighted by atomic mass is 79.9. The van der Waals surface area contributed by atoms with E-state index in [0.717, 1.165) is 14.9 Å². The van der Waals surface area contributed by atoms with Crippen molar-refractivity contribution in [3.8, 4) is 11.1 Å². The number of halogens is 1. The fourth-order valence-corrected chi connectivity index (χ4v) is 3.81. The normalized spacial score (nSPS) is 10.2. The van der Waals surface area contributed by atoms with Gasteiger partial charge < -0.3 is 10.1 Å². The number of ether oxygens (including phenoxy) is 1. The van der Waals surface area contributed by atoms with E-state index >= 15 is 0 Å². The summed E-state index contributed by atoms with van der Waals surface area (Å²) < 4.78 is 5.90. The maximum atomic E-state index is 12.3. The molecule has 0 aliphatic heterocycles. The van der Waals surface area contributed by atoms with Gasteiger partial charge in [-0.15, -0.1) is 11.3 Å².